The van der Waals surface area contributed by atoms with Crippen molar-refractivity contribution < 1.29 is 4.39 Å². The molecule has 2 rings (SSSR count). The van der Waals surface area contributed by atoms with Crippen LogP contribution in [0.4, 0.5) is 4.39 Å². The second-order valence-corrected chi connectivity index (χ2v) is 7.96. The molecule has 2 N–H and O–H groups in total. The molecule has 1 saturated heterocycles. The van der Waals surface area contributed by atoms with Gasteiger partial charge in [0.15, 0.2) is 0 Å². The molecule has 0 saturated carbocycles. The van der Waals surface area contributed by atoms with Crippen LogP contribution in [-0.4, -0.2) is 35.0 Å². The summed E-state index contributed by atoms with van der Waals surface area (Å²) >= 11 is 2.02. The fraction of sp³-hybridized carbons (Fsp3) is 0.625. The molecule has 0 aliphatic carbocycles. The van der Waals surface area contributed by atoms with Gasteiger partial charge in [-0.1, -0.05) is 26.0 Å². The predicted molar refractivity (Wildman–Crippen MR) is 85.7 cm³/mol. The lowest BCUT2D eigenvalue weighted by Gasteiger charge is -2.30. The van der Waals surface area contributed by atoms with E-state index in [2.05, 4.69) is 18.7 Å². The van der Waals surface area contributed by atoms with Crippen LogP contribution in [0, 0.1) is 12.7 Å². The molecule has 4 heteroatoms. The van der Waals surface area contributed by atoms with Crippen LogP contribution in [0.3, 0.4) is 0 Å². The Labute approximate surface area is 125 Å². The van der Waals surface area contributed by atoms with Crippen LogP contribution in [0.2, 0.25) is 0 Å². The zero-order chi connectivity index (χ0) is 14.8. The topological polar surface area (TPSA) is 29.3 Å². The van der Waals surface area contributed by atoms with Crippen LogP contribution in [-0.2, 0) is 0 Å². The van der Waals surface area contributed by atoms with Crippen molar-refractivity contribution in [2.75, 3.05) is 25.4 Å². The maximum atomic E-state index is 13.8. The maximum Gasteiger partial charge on any atom is 0.126 e. The highest BCUT2D eigenvalue weighted by atomic mass is 32.2. The normalized spacial score (nSPS) is 21.4. The average molecular weight is 296 g/mol. The SMILES string of the molecule is Cc1ccc(C(CN)N2CCSC(C)(C)CC2)cc1F. The Balaban J connectivity index is 2.17. The van der Waals surface area contributed by atoms with Gasteiger partial charge < -0.3 is 5.73 Å². The first kappa shape index (κ1) is 15.8. The van der Waals surface area contributed by atoms with Crippen molar-refractivity contribution in [1.29, 1.82) is 0 Å². The first-order valence-corrected chi connectivity index (χ1v) is 8.25. The molecule has 0 amide bonds. The fourth-order valence-corrected chi connectivity index (χ4v) is 3.77. The van der Waals surface area contributed by atoms with E-state index in [4.69, 9.17) is 5.73 Å². The molecule has 1 atom stereocenters. The van der Waals surface area contributed by atoms with Crippen molar-refractivity contribution in [3.05, 3.63) is 35.1 Å². The molecular weight excluding hydrogens is 271 g/mol. The molecule has 2 nitrogen and oxygen atoms in total. The minimum Gasteiger partial charge on any atom is -0.329 e. The molecule has 0 bridgehead atoms. The first-order valence-electron chi connectivity index (χ1n) is 7.27. The lowest BCUT2D eigenvalue weighted by molar-refractivity contribution is 0.210. The number of aryl methyl sites for hydroxylation is 1. The summed E-state index contributed by atoms with van der Waals surface area (Å²) in [5.41, 5.74) is 7.66. The Hall–Kier alpha value is -0.580. The third-order valence-corrected chi connectivity index (χ3v) is 5.49. The van der Waals surface area contributed by atoms with Crippen LogP contribution in [0.5, 0.6) is 0 Å². The van der Waals surface area contributed by atoms with Crippen LogP contribution in [0.15, 0.2) is 18.2 Å². The highest BCUT2D eigenvalue weighted by Crippen LogP contribution is 2.33. The molecule has 1 heterocycles. The molecule has 1 fully saturated rings. The molecule has 112 valence electrons. The first-order chi connectivity index (χ1) is 9.43. The molecule has 1 aromatic carbocycles. The number of hydrogen-bond donors (Lipinski definition) is 1. The smallest absolute Gasteiger partial charge is 0.126 e. The second kappa shape index (κ2) is 6.46. The lowest BCUT2D eigenvalue weighted by atomic mass is 10.0. The lowest BCUT2D eigenvalue weighted by Crippen LogP contribution is -2.36. The van der Waals surface area contributed by atoms with E-state index in [-0.39, 0.29) is 11.9 Å². The van der Waals surface area contributed by atoms with Gasteiger partial charge >= 0.3 is 0 Å². The van der Waals surface area contributed by atoms with Crippen molar-refractivity contribution in [3.63, 3.8) is 0 Å². The van der Waals surface area contributed by atoms with E-state index >= 15 is 0 Å². The molecule has 1 aliphatic rings. The molecule has 20 heavy (non-hydrogen) atoms. The van der Waals surface area contributed by atoms with Gasteiger partial charge in [0.25, 0.3) is 0 Å². The Morgan fingerprint density at radius 2 is 2.15 bits per heavy atom. The third kappa shape index (κ3) is 3.74. The minimum absolute atomic E-state index is 0.125. The van der Waals surface area contributed by atoms with E-state index in [1.54, 1.807) is 13.0 Å². The number of nitrogens with zero attached hydrogens (tertiary/aromatic N) is 1. The number of thioether (sulfide) groups is 1. The summed E-state index contributed by atoms with van der Waals surface area (Å²) in [4.78, 5) is 2.41. The maximum absolute atomic E-state index is 13.8. The summed E-state index contributed by atoms with van der Waals surface area (Å²) in [5.74, 6) is 0.975. The van der Waals surface area contributed by atoms with Gasteiger partial charge in [0, 0.05) is 36.2 Å². The number of rotatable bonds is 3. The molecule has 0 radical (unpaired) electrons. The molecule has 0 spiro atoms. The van der Waals surface area contributed by atoms with Gasteiger partial charge in [-0.3, -0.25) is 4.90 Å². The Bertz CT molecular complexity index is 462. The van der Waals surface area contributed by atoms with Crippen molar-refractivity contribution in [2.24, 2.45) is 5.73 Å². The summed E-state index contributed by atoms with van der Waals surface area (Å²) in [6, 6.07) is 5.64. The number of benzene rings is 1. The van der Waals surface area contributed by atoms with Crippen LogP contribution >= 0.6 is 11.8 Å². The van der Waals surface area contributed by atoms with Crippen molar-refractivity contribution in [1.82, 2.24) is 4.90 Å². The van der Waals surface area contributed by atoms with Gasteiger partial charge in [-0.25, -0.2) is 4.39 Å². The largest absolute Gasteiger partial charge is 0.329 e. The summed E-state index contributed by atoms with van der Waals surface area (Å²) in [5, 5.41) is 0. The standard InChI is InChI=1S/C16H25FN2S/c1-12-4-5-13(10-14(12)17)15(11-18)19-7-6-16(2,3)20-9-8-19/h4-5,10,15H,6-9,11,18H2,1-3H3. The summed E-state index contributed by atoms with van der Waals surface area (Å²) in [7, 11) is 0. The highest BCUT2D eigenvalue weighted by molar-refractivity contribution is 8.00. The van der Waals surface area contributed by atoms with Gasteiger partial charge in [0.1, 0.15) is 5.82 Å². The van der Waals surface area contributed by atoms with E-state index in [1.165, 1.54) is 0 Å². The van der Waals surface area contributed by atoms with Crippen LogP contribution in [0.1, 0.15) is 37.4 Å². The zero-order valence-corrected chi connectivity index (χ0v) is 13.5. The molecular formula is C16H25FN2S. The van der Waals surface area contributed by atoms with E-state index < -0.39 is 0 Å². The number of hydrogen-bond acceptors (Lipinski definition) is 3. The molecule has 1 unspecified atom stereocenters. The molecule has 1 aromatic rings. The molecule has 1 aliphatic heterocycles. The third-order valence-electron chi connectivity index (χ3n) is 4.12. The monoisotopic (exact) mass is 296 g/mol. The van der Waals surface area contributed by atoms with Crippen molar-refractivity contribution in [3.8, 4) is 0 Å². The Morgan fingerprint density at radius 3 is 2.80 bits per heavy atom. The van der Waals surface area contributed by atoms with Crippen molar-refractivity contribution in [2.45, 2.75) is 38.0 Å². The van der Waals surface area contributed by atoms with Gasteiger partial charge in [-0.15, -0.1) is 0 Å². The van der Waals surface area contributed by atoms with Gasteiger partial charge in [0.2, 0.25) is 0 Å². The van der Waals surface area contributed by atoms with E-state index in [1.807, 2.05) is 23.9 Å². The van der Waals surface area contributed by atoms with E-state index in [0.717, 1.165) is 30.8 Å². The number of halogens is 1. The fourth-order valence-electron chi connectivity index (χ4n) is 2.66. The van der Waals surface area contributed by atoms with Gasteiger partial charge in [-0.2, -0.15) is 11.8 Å². The predicted octanol–water partition coefficient (Wildman–Crippen LogP) is 3.35. The average Bonchev–Trinajstić information content (AvgIpc) is 2.56. The number of nitrogens with two attached hydrogens (primary N) is 1. The van der Waals surface area contributed by atoms with Crippen LogP contribution in [0.25, 0.3) is 0 Å². The summed E-state index contributed by atoms with van der Waals surface area (Å²) in [6.07, 6.45) is 1.14. The van der Waals surface area contributed by atoms with Crippen molar-refractivity contribution >= 4 is 11.8 Å². The summed E-state index contributed by atoms with van der Waals surface area (Å²) < 4.78 is 14.1. The van der Waals surface area contributed by atoms with Crippen LogP contribution < -0.4 is 5.73 Å². The van der Waals surface area contributed by atoms with E-state index in [9.17, 15) is 4.39 Å². The van der Waals surface area contributed by atoms with Gasteiger partial charge in [0.05, 0.1) is 0 Å². The minimum atomic E-state index is -0.134. The second-order valence-electron chi connectivity index (χ2n) is 6.15. The zero-order valence-electron chi connectivity index (χ0n) is 12.7. The highest BCUT2D eigenvalue weighted by Gasteiger charge is 2.27. The Morgan fingerprint density at radius 1 is 1.40 bits per heavy atom. The Kier molecular flexibility index (Phi) is 5.10. The molecule has 0 aromatic heterocycles. The summed E-state index contributed by atoms with van der Waals surface area (Å²) in [6.45, 7) is 8.96. The quantitative estimate of drug-likeness (QED) is 0.927. The van der Waals surface area contributed by atoms with Gasteiger partial charge in [-0.05, 0) is 30.5 Å². The van der Waals surface area contributed by atoms with E-state index in [0.29, 0.717) is 16.9 Å².